The van der Waals surface area contributed by atoms with Crippen molar-refractivity contribution in [2.24, 2.45) is 11.3 Å². The van der Waals surface area contributed by atoms with E-state index in [1.54, 1.807) is 6.92 Å². The van der Waals surface area contributed by atoms with Gasteiger partial charge in [-0.1, -0.05) is 27.7 Å². The number of halogens is 3. The monoisotopic (exact) mass is 414 g/mol. The van der Waals surface area contributed by atoms with Gasteiger partial charge in [-0.05, 0) is 55.8 Å². The van der Waals surface area contributed by atoms with Crippen LogP contribution < -0.4 is 0 Å². The fourth-order valence-corrected chi connectivity index (χ4v) is 5.63. The van der Waals surface area contributed by atoms with Crippen LogP contribution in [0.4, 0.5) is 13.2 Å². The SMILES string of the molecule is CC(C)(C)[Si](C)(C)O[C@H]1CCC[C@]2(C)C(OS(=O)(=O)C(F)(F)F)=CC[C@@H]12. The number of fused-ring (bicyclic) bond motifs is 1. The van der Waals surface area contributed by atoms with Crippen LogP contribution in [-0.2, 0) is 18.7 Å². The van der Waals surface area contributed by atoms with Gasteiger partial charge in [-0.25, -0.2) is 0 Å². The maximum Gasteiger partial charge on any atom is 0.534 e. The molecule has 3 atom stereocenters. The minimum absolute atomic E-state index is 0.0197. The lowest BCUT2D eigenvalue weighted by molar-refractivity contribution is -0.0550. The summed E-state index contributed by atoms with van der Waals surface area (Å²) in [7, 11) is -7.69. The van der Waals surface area contributed by atoms with Gasteiger partial charge in [-0.15, -0.1) is 0 Å². The molecule has 0 unspecified atom stereocenters. The molecular weight excluding hydrogens is 385 g/mol. The summed E-state index contributed by atoms with van der Waals surface area (Å²) < 4.78 is 72.1. The first kappa shape index (κ1) is 21.8. The van der Waals surface area contributed by atoms with Crippen LogP contribution in [0.15, 0.2) is 11.8 Å². The van der Waals surface area contributed by atoms with Gasteiger partial charge in [0.05, 0.1) is 0 Å². The van der Waals surface area contributed by atoms with Crippen LogP contribution in [-0.4, -0.2) is 28.3 Å². The zero-order valence-corrected chi connectivity index (χ0v) is 18.1. The van der Waals surface area contributed by atoms with Crippen molar-refractivity contribution in [1.29, 1.82) is 0 Å². The van der Waals surface area contributed by atoms with Crippen molar-refractivity contribution in [2.75, 3.05) is 0 Å². The maximum absolute atomic E-state index is 12.7. The second-order valence-corrected chi connectivity index (χ2v) is 15.4. The summed E-state index contributed by atoms with van der Waals surface area (Å²) >= 11 is 0. The van der Waals surface area contributed by atoms with E-state index in [4.69, 9.17) is 4.43 Å². The lowest BCUT2D eigenvalue weighted by Gasteiger charge is -2.47. The Bertz CT molecular complexity index is 679. The van der Waals surface area contributed by atoms with E-state index in [1.165, 1.54) is 6.08 Å². The summed E-state index contributed by atoms with van der Waals surface area (Å²) in [5.74, 6) is -0.146. The van der Waals surface area contributed by atoms with Crippen molar-refractivity contribution < 1.29 is 30.2 Å². The third kappa shape index (κ3) is 3.85. The van der Waals surface area contributed by atoms with Crippen molar-refractivity contribution in [2.45, 2.75) is 83.1 Å². The molecular formula is C17H29F3O4SSi. The molecule has 2 aliphatic carbocycles. The molecule has 0 heterocycles. The minimum atomic E-state index is -5.65. The molecule has 2 rings (SSSR count). The number of allylic oxidation sites excluding steroid dienone is 2. The Morgan fingerprint density at radius 1 is 1.23 bits per heavy atom. The normalized spacial score (nSPS) is 30.7. The first-order chi connectivity index (χ1) is 11.5. The summed E-state index contributed by atoms with van der Waals surface area (Å²) in [6, 6.07) is 0. The third-order valence-corrected chi connectivity index (χ3v) is 11.8. The predicted octanol–water partition coefficient (Wildman–Crippen LogP) is 5.34. The van der Waals surface area contributed by atoms with Gasteiger partial charge in [0.25, 0.3) is 0 Å². The molecule has 0 aliphatic heterocycles. The second kappa shape index (κ2) is 6.51. The summed E-state index contributed by atoms with van der Waals surface area (Å²) in [5, 5.41) is 0.0197. The van der Waals surface area contributed by atoms with E-state index in [-0.39, 0.29) is 22.8 Å². The number of rotatable bonds is 4. The quantitative estimate of drug-likeness (QED) is 0.354. The molecule has 0 bridgehead atoms. The third-order valence-electron chi connectivity index (χ3n) is 6.31. The van der Waals surface area contributed by atoms with Gasteiger partial charge in [0, 0.05) is 11.5 Å². The zero-order valence-electron chi connectivity index (χ0n) is 16.2. The van der Waals surface area contributed by atoms with E-state index in [9.17, 15) is 21.6 Å². The highest BCUT2D eigenvalue weighted by atomic mass is 32.2. The maximum atomic E-state index is 12.7. The van der Waals surface area contributed by atoms with E-state index < -0.39 is 29.4 Å². The molecule has 1 fully saturated rings. The molecule has 0 spiro atoms. The van der Waals surface area contributed by atoms with Crippen LogP contribution in [0.2, 0.25) is 18.1 Å². The van der Waals surface area contributed by atoms with Crippen LogP contribution >= 0.6 is 0 Å². The van der Waals surface area contributed by atoms with Gasteiger partial charge >= 0.3 is 15.6 Å². The molecule has 9 heteroatoms. The average molecular weight is 415 g/mol. The summed E-state index contributed by atoms with van der Waals surface area (Å²) in [4.78, 5) is 0. The Balaban J connectivity index is 2.23. The Labute approximate surface area is 155 Å². The molecule has 2 aliphatic rings. The van der Waals surface area contributed by atoms with E-state index in [2.05, 4.69) is 38.0 Å². The van der Waals surface area contributed by atoms with E-state index >= 15 is 0 Å². The highest BCUT2D eigenvalue weighted by Crippen LogP contribution is 2.55. The van der Waals surface area contributed by atoms with Crippen molar-refractivity contribution in [1.82, 2.24) is 0 Å². The Hall–Kier alpha value is -0.543. The average Bonchev–Trinajstić information content (AvgIpc) is 2.73. The highest BCUT2D eigenvalue weighted by molar-refractivity contribution is 7.87. The van der Waals surface area contributed by atoms with Gasteiger partial charge in [-0.2, -0.15) is 21.6 Å². The second-order valence-electron chi connectivity index (χ2n) is 9.12. The molecule has 0 N–H and O–H groups in total. The Morgan fingerprint density at radius 3 is 2.31 bits per heavy atom. The van der Waals surface area contributed by atoms with Crippen molar-refractivity contribution in [3.8, 4) is 0 Å². The molecule has 0 aromatic heterocycles. The Kier molecular flexibility index (Phi) is 5.45. The first-order valence-corrected chi connectivity index (χ1v) is 13.2. The molecule has 0 aromatic rings. The predicted molar refractivity (Wildman–Crippen MR) is 96.3 cm³/mol. The van der Waals surface area contributed by atoms with E-state index in [1.807, 2.05) is 0 Å². The standard InChI is InChI=1S/C17H29F3O4SSi/c1-15(2,3)26(5,6)24-13-8-7-11-16(4)12(13)9-10-14(16)23-25(21,22)17(18,19)20/h10,12-13H,7-9,11H2,1-6H3/t12-,13-,16-/m0/s1. The van der Waals surface area contributed by atoms with Crippen molar-refractivity contribution in [3.63, 3.8) is 0 Å². The Morgan fingerprint density at radius 2 is 1.81 bits per heavy atom. The lowest BCUT2D eigenvalue weighted by Crippen LogP contribution is -2.49. The summed E-state index contributed by atoms with van der Waals surface area (Å²) in [5.41, 5.74) is -6.17. The largest absolute Gasteiger partial charge is 0.534 e. The molecule has 0 amide bonds. The van der Waals surface area contributed by atoms with Crippen LogP contribution in [0, 0.1) is 11.3 Å². The van der Waals surface area contributed by atoms with Crippen LogP contribution in [0.3, 0.4) is 0 Å². The fourth-order valence-electron chi connectivity index (χ4n) is 3.64. The van der Waals surface area contributed by atoms with Gasteiger partial charge in [-0.3, -0.25) is 0 Å². The fraction of sp³-hybridized carbons (Fsp3) is 0.882. The lowest BCUT2D eigenvalue weighted by atomic mass is 9.67. The zero-order chi connectivity index (χ0) is 20.2. The molecule has 0 saturated heterocycles. The van der Waals surface area contributed by atoms with Gasteiger partial charge in [0.2, 0.25) is 0 Å². The molecule has 0 radical (unpaired) electrons. The van der Waals surface area contributed by atoms with Crippen LogP contribution in [0.25, 0.3) is 0 Å². The molecule has 1 saturated carbocycles. The smallest absolute Gasteiger partial charge is 0.414 e. The van der Waals surface area contributed by atoms with Crippen LogP contribution in [0.5, 0.6) is 0 Å². The molecule has 4 nitrogen and oxygen atoms in total. The molecule has 26 heavy (non-hydrogen) atoms. The number of hydrogen-bond donors (Lipinski definition) is 0. The van der Waals surface area contributed by atoms with Crippen molar-refractivity contribution in [3.05, 3.63) is 11.8 Å². The van der Waals surface area contributed by atoms with E-state index in [0.717, 1.165) is 12.8 Å². The van der Waals surface area contributed by atoms with Gasteiger partial charge in [0.1, 0.15) is 5.76 Å². The van der Waals surface area contributed by atoms with Crippen LogP contribution in [0.1, 0.15) is 53.4 Å². The van der Waals surface area contributed by atoms with E-state index in [0.29, 0.717) is 12.8 Å². The van der Waals surface area contributed by atoms with Gasteiger partial charge in [0.15, 0.2) is 8.32 Å². The topological polar surface area (TPSA) is 52.6 Å². The number of hydrogen-bond acceptors (Lipinski definition) is 4. The molecule has 0 aromatic carbocycles. The summed E-state index contributed by atoms with van der Waals surface area (Å²) in [6.07, 6.45) is 4.06. The van der Waals surface area contributed by atoms with Crippen molar-refractivity contribution >= 4 is 18.4 Å². The number of alkyl halides is 3. The minimum Gasteiger partial charge on any atom is -0.414 e. The summed E-state index contributed by atoms with van der Waals surface area (Å²) in [6.45, 7) is 12.5. The molecule has 152 valence electrons. The first-order valence-electron chi connectivity index (χ1n) is 8.90. The highest BCUT2D eigenvalue weighted by Gasteiger charge is 2.55. The van der Waals surface area contributed by atoms with Gasteiger partial charge < -0.3 is 8.61 Å².